The third-order valence-corrected chi connectivity index (χ3v) is 4.48. The molecule has 0 saturated carbocycles. The third-order valence-electron chi connectivity index (χ3n) is 4.48. The van der Waals surface area contributed by atoms with Gasteiger partial charge in [-0.2, -0.15) is 0 Å². The van der Waals surface area contributed by atoms with Crippen LogP contribution in [0, 0.1) is 0 Å². The third kappa shape index (κ3) is 3.27. The van der Waals surface area contributed by atoms with Crippen LogP contribution in [0.15, 0.2) is 84.9 Å². The maximum absolute atomic E-state index is 12.9. The van der Waals surface area contributed by atoms with E-state index in [1.807, 2.05) is 36.4 Å². The first-order valence-corrected chi connectivity index (χ1v) is 8.79. The van der Waals surface area contributed by atoms with Gasteiger partial charge >= 0.3 is 6.09 Å². The van der Waals surface area contributed by atoms with E-state index in [2.05, 4.69) is 5.43 Å². The summed E-state index contributed by atoms with van der Waals surface area (Å²) in [5.41, 5.74) is 2.55. The number of rotatable bonds is 5. The molecule has 1 fully saturated rings. The summed E-state index contributed by atoms with van der Waals surface area (Å²) >= 11 is 0. The molecule has 28 heavy (non-hydrogen) atoms. The zero-order chi connectivity index (χ0) is 19.6. The van der Waals surface area contributed by atoms with Crippen LogP contribution in [-0.2, 0) is 15.1 Å². The van der Waals surface area contributed by atoms with Crippen molar-refractivity contribution in [1.29, 1.82) is 0 Å². The highest BCUT2D eigenvalue weighted by molar-refractivity contribution is 6.04. The molecule has 3 aromatic carbocycles. The van der Waals surface area contributed by atoms with E-state index in [1.165, 1.54) is 0 Å². The number of amides is 2. The van der Waals surface area contributed by atoms with E-state index in [4.69, 9.17) is 9.47 Å². The van der Waals surface area contributed by atoms with Crippen LogP contribution in [0.2, 0.25) is 0 Å². The van der Waals surface area contributed by atoms with E-state index in [9.17, 15) is 9.59 Å². The summed E-state index contributed by atoms with van der Waals surface area (Å²) in [5, 5.41) is 0.893. The number of imide groups is 1. The van der Waals surface area contributed by atoms with Crippen LogP contribution >= 0.6 is 0 Å². The number of benzene rings is 3. The summed E-state index contributed by atoms with van der Waals surface area (Å²) in [5.74, 6) is 0.843. The maximum atomic E-state index is 12.9. The van der Waals surface area contributed by atoms with E-state index in [-0.39, 0.29) is 0 Å². The molecule has 6 heteroatoms. The highest BCUT2D eigenvalue weighted by atomic mass is 16.6. The summed E-state index contributed by atoms with van der Waals surface area (Å²) in [6.07, 6.45) is -0.749. The smallest absolute Gasteiger partial charge is 0.437 e. The molecule has 4 rings (SSSR count). The first-order chi connectivity index (χ1) is 13.6. The zero-order valence-corrected chi connectivity index (χ0v) is 15.2. The van der Waals surface area contributed by atoms with Crippen molar-refractivity contribution >= 4 is 17.7 Å². The van der Waals surface area contributed by atoms with Gasteiger partial charge in [-0.05, 0) is 43.3 Å². The lowest BCUT2D eigenvalue weighted by atomic mass is 9.95. The van der Waals surface area contributed by atoms with Crippen molar-refractivity contribution in [3.05, 3.63) is 90.5 Å². The van der Waals surface area contributed by atoms with Crippen molar-refractivity contribution in [2.24, 2.45) is 0 Å². The molecular weight excluding hydrogens is 356 g/mol. The van der Waals surface area contributed by atoms with Gasteiger partial charge in [0.2, 0.25) is 5.60 Å². The van der Waals surface area contributed by atoms with Crippen molar-refractivity contribution in [2.75, 3.05) is 5.43 Å². The van der Waals surface area contributed by atoms with Crippen molar-refractivity contribution in [1.82, 2.24) is 5.01 Å². The van der Waals surface area contributed by atoms with Crippen molar-refractivity contribution in [3.63, 3.8) is 0 Å². The number of carbonyl (C=O) groups is 2. The molecule has 6 nitrogen and oxygen atoms in total. The Morgan fingerprint density at radius 2 is 1.39 bits per heavy atom. The molecule has 1 saturated heterocycles. The molecule has 3 aromatic rings. The summed E-state index contributed by atoms with van der Waals surface area (Å²) in [6, 6.07) is 25.3. The molecule has 1 atom stereocenters. The summed E-state index contributed by atoms with van der Waals surface area (Å²) in [4.78, 5) is 25.2. The van der Waals surface area contributed by atoms with Gasteiger partial charge in [-0.1, -0.05) is 48.5 Å². The molecule has 1 heterocycles. The van der Waals surface area contributed by atoms with Gasteiger partial charge in [-0.25, -0.2) is 4.79 Å². The Labute approximate surface area is 162 Å². The Hall–Kier alpha value is -3.80. The Kier molecular flexibility index (Phi) is 4.45. The van der Waals surface area contributed by atoms with Crippen molar-refractivity contribution < 1.29 is 19.1 Å². The normalized spacial score (nSPS) is 18.7. The number of anilines is 1. The predicted octanol–water partition coefficient (Wildman–Crippen LogP) is 4.70. The van der Waals surface area contributed by atoms with E-state index in [1.54, 1.807) is 55.5 Å². The highest BCUT2D eigenvalue weighted by Gasteiger charge is 2.52. The molecule has 140 valence electrons. The van der Waals surface area contributed by atoms with E-state index >= 15 is 0 Å². The Bertz CT molecular complexity index is 990. The fraction of sp³-hybridized carbons (Fsp3) is 0.0909. The number of nitrogens with one attached hydrogen (secondary N) is 1. The van der Waals surface area contributed by atoms with Crippen LogP contribution in [0.1, 0.15) is 12.5 Å². The molecule has 0 unspecified atom stereocenters. The molecular formula is C22H18N2O4. The van der Waals surface area contributed by atoms with Gasteiger partial charge in [-0.3, -0.25) is 10.2 Å². The molecule has 0 bridgehead atoms. The molecule has 1 aliphatic rings. The number of hydrogen-bond acceptors (Lipinski definition) is 5. The number of hydrogen-bond donors (Lipinski definition) is 1. The standard InChI is InChI=1S/C22H18N2O4/c1-22(16-12-14-19(15-13-16)27-18-10-6-3-7-11-18)20(25)24(21(26)28-22)23-17-8-4-2-5-9-17/h2-15,23H,1H3/t22-/m0/s1. The Morgan fingerprint density at radius 3 is 2.04 bits per heavy atom. The second-order valence-corrected chi connectivity index (χ2v) is 6.46. The van der Waals surface area contributed by atoms with Crippen LogP contribution in [0.3, 0.4) is 0 Å². The molecule has 0 radical (unpaired) electrons. The average Bonchev–Trinajstić information content (AvgIpc) is 2.94. The summed E-state index contributed by atoms with van der Waals surface area (Å²) in [6.45, 7) is 1.58. The topological polar surface area (TPSA) is 67.9 Å². The first-order valence-electron chi connectivity index (χ1n) is 8.79. The van der Waals surface area contributed by atoms with Gasteiger partial charge in [-0.15, -0.1) is 5.01 Å². The van der Waals surface area contributed by atoms with Gasteiger partial charge < -0.3 is 9.47 Å². The molecule has 0 spiro atoms. The van der Waals surface area contributed by atoms with Crippen LogP contribution in [-0.4, -0.2) is 17.0 Å². The lowest BCUT2D eigenvalue weighted by molar-refractivity contribution is -0.135. The first kappa shape index (κ1) is 17.6. The fourth-order valence-electron chi connectivity index (χ4n) is 2.95. The molecule has 2 amide bonds. The number of carbonyl (C=O) groups excluding carboxylic acids is 2. The number of hydrazine groups is 1. The largest absolute Gasteiger partial charge is 0.457 e. The molecule has 1 N–H and O–H groups in total. The van der Waals surface area contributed by atoms with Gasteiger partial charge in [0.15, 0.2) is 0 Å². The van der Waals surface area contributed by atoms with Crippen LogP contribution in [0.4, 0.5) is 10.5 Å². The van der Waals surface area contributed by atoms with Crippen molar-refractivity contribution in [2.45, 2.75) is 12.5 Å². The van der Waals surface area contributed by atoms with Crippen LogP contribution < -0.4 is 10.2 Å². The fourth-order valence-corrected chi connectivity index (χ4v) is 2.95. The SMILES string of the molecule is C[C@@]1(c2ccc(Oc3ccccc3)cc2)OC(=O)N(Nc2ccccc2)C1=O. The monoisotopic (exact) mass is 374 g/mol. The van der Waals surface area contributed by atoms with Gasteiger partial charge in [0.25, 0.3) is 5.91 Å². The minimum Gasteiger partial charge on any atom is -0.457 e. The number of cyclic esters (lactones) is 1. The summed E-state index contributed by atoms with van der Waals surface area (Å²) in [7, 11) is 0. The Morgan fingerprint density at radius 1 is 0.821 bits per heavy atom. The molecule has 1 aliphatic heterocycles. The molecule has 0 aliphatic carbocycles. The van der Waals surface area contributed by atoms with E-state index < -0.39 is 17.6 Å². The second kappa shape index (κ2) is 7.08. The van der Waals surface area contributed by atoms with E-state index in [0.717, 1.165) is 5.01 Å². The number of para-hydroxylation sites is 2. The lowest BCUT2D eigenvalue weighted by Gasteiger charge is -2.21. The lowest BCUT2D eigenvalue weighted by Crippen LogP contribution is -2.39. The zero-order valence-electron chi connectivity index (χ0n) is 15.2. The van der Waals surface area contributed by atoms with Crippen molar-refractivity contribution in [3.8, 4) is 11.5 Å². The maximum Gasteiger partial charge on any atom is 0.437 e. The number of nitrogens with zero attached hydrogens (tertiary/aromatic N) is 1. The Balaban J connectivity index is 1.53. The van der Waals surface area contributed by atoms with Gasteiger partial charge in [0.05, 0.1) is 5.69 Å². The van der Waals surface area contributed by atoms with Gasteiger partial charge in [0.1, 0.15) is 11.5 Å². The highest BCUT2D eigenvalue weighted by Crippen LogP contribution is 2.35. The predicted molar refractivity (Wildman–Crippen MR) is 104 cm³/mol. The average molecular weight is 374 g/mol. The van der Waals surface area contributed by atoms with Crippen LogP contribution in [0.5, 0.6) is 11.5 Å². The number of ether oxygens (including phenoxy) is 2. The second-order valence-electron chi connectivity index (χ2n) is 6.46. The van der Waals surface area contributed by atoms with E-state index in [0.29, 0.717) is 22.7 Å². The van der Waals surface area contributed by atoms with Gasteiger partial charge in [0, 0.05) is 5.56 Å². The summed E-state index contributed by atoms with van der Waals surface area (Å²) < 4.78 is 11.2. The minimum atomic E-state index is -1.41. The quantitative estimate of drug-likeness (QED) is 0.701. The molecule has 0 aromatic heterocycles. The minimum absolute atomic E-state index is 0.488. The van der Waals surface area contributed by atoms with Crippen LogP contribution in [0.25, 0.3) is 0 Å².